The maximum absolute atomic E-state index is 6.09. The van der Waals surface area contributed by atoms with Crippen LogP contribution in [0, 0.1) is 12.8 Å². The summed E-state index contributed by atoms with van der Waals surface area (Å²) in [5.41, 5.74) is 8.17. The molecule has 1 aliphatic rings. The molecule has 3 rings (SSSR count). The number of aromatic nitrogens is 2. The van der Waals surface area contributed by atoms with Gasteiger partial charge in [0.1, 0.15) is 15.8 Å². The molecule has 1 saturated carbocycles. The molecule has 0 atom stereocenters. The van der Waals surface area contributed by atoms with Crippen LogP contribution < -0.4 is 10.6 Å². The van der Waals surface area contributed by atoms with Gasteiger partial charge in [0, 0.05) is 24.2 Å². The number of nitrogens with two attached hydrogens (primary N) is 1. The van der Waals surface area contributed by atoms with E-state index in [1.807, 2.05) is 6.92 Å². The lowest BCUT2D eigenvalue weighted by molar-refractivity contribution is 0.319. The van der Waals surface area contributed by atoms with Crippen molar-refractivity contribution in [2.75, 3.05) is 23.7 Å². The van der Waals surface area contributed by atoms with Gasteiger partial charge in [0.05, 0.1) is 5.56 Å². The van der Waals surface area contributed by atoms with Crippen molar-refractivity contribution in [2.45, 2.75) is 33.1 Å². The summed E-state index contributed by atoms with van der Waals surface area (Å²) in [6.45, 7) is 6.33. The second-order valence-electron chi connectivity index (χ2n) is 5.38. The molecule has 1 aliphatic carbocycles. The molecule has 0 aliphatic heterocycles. The highest BCUT2D eigenvalue weighted by atomic mass is 32.1. The predicted molar refractivity (Wildman–Crippen MR) is 87.6 cm³/mol. The van der Waals surface area contributed by atoms with Crippen molar-refractivity contribution in [3.05, 3.63) is 11.1 Å². The second-order valence-corrected chi connectivity index (χ2v) is 6.99. The SMILES string of the molecule is CCN(CC1CCC1)c1snc(N)c1-c1nc(C)cs1. The average Bonchev–Trinajstić information content (AvgIpc) is 2.95. The first kappa shape index (κ1) is 13.8. The highest BCUT2D eigenvalue weighted by Gasteiger charge is 2.25. The van der Waals surface area contributed by atoms with Gasteiger partial charge in [-0.3, -0.25) is 0 Å². The molecule has 2 heterocycles. The number of hydrogen-bond acceptors (Lipinski definition) is 6. The van der Waals surface area contributed by atoms with Crippen LogP contribution in [0.4, 0.5) is 10.8 Å². The van der Waals surface area contributed by atoms with Crippen molar-refractivity contribution in [1.29, 1.82) is 0 Å². The molecule has 2 N–H and O–H groups in total. The van der Waals surface area contributed by atoms with E-state index in [1.54, 1.807) is 11.3 Å². The topological polar surface area (TPSA) is 55.0 Å². The Hall–Kier alpha value is -1.14. The standard InChI is InChI=1S/C14H20N4S2/c1-3-18(7-10-5-4-6-10)14-11(12(15)17-20-14)13-16-9(2)8-19-13/h8,10H,3-7H2,1-2H3,(H2,15,17). The molecule has 0 radical (unpaired) electrons. The Balaban J connectivity index is 1.92. The van der Waals surface area contributed by atoms with Gasteiger partial charge in [-0.25, -0.2) is 4.98 Å². The first-order chi connectivity index (χ1) is 9.69. The highest BCUT2D eigenvalue weighted by Crippen LogP contribution is 2.41. The summed E-state index contributed by atoms with van der Waals surface area (Å²) in [6, 6.07) is 0. The summed E-state index contributed by atoms with van der Waals surface area (Å²) in [6.07, 6.45) is 4.10. The summed E-state index contributed by atoms with van der Waals surface area (Å²) < 4.78 is 4.37. The van der Waals surface area contributed by atoms with Crippen LogP contribution in [-0.4, -0.2) is 22.4 Å². The van der Waals surface area contributed by atoms with E-state index in [1.165, 1.54) is 35.8 Å². The Labute approximate surface area is 127 Å². The van der Waals surface area contributed by atoms with E-state index < -0.39 is 0 Å². The van der Waals surface area contributed by atoms with Crippen molar-refractivity contribution in [2.24, 2.45) is 5.92 Å². The maximum Gasteiger partial charge on any atom is 0.149 e. The molecule has 1 fully saturated rings. The molecule has 0 unspecified atom stereocenters. The van der Waals surface area contributed by atoms with Gasteiger partial charge in [0.25, 0.3) is 0 Å². The lowest BCUT2D eigenvalue weighted by atomic mass is 9.85. The molecule has 0 saturated heterocycles. The molecule has 0 amide bonds. The fourth-order valence-corrected chi connectivity index (χ4v) is 4.32. The van der Waals surface area contributed by atoms with E-state index in [9.17, 15) is 0 Å². The lowest BCUT2D eigenvalue weighted by Crippen LogP contribution is -2.32. The summed E-state index contributed by atoms with van der Waals surface area (Å²) in [4.78, 5) is 7.00. The van der Waals surface area contributed by atoms with Crippen LogP contribution in [0.1, 0.15) is 31.9 Å². The summed E-state index contributed by atoms with van der Waals surface area (Å²) in [5.74, 6) is 1.45. The quantitative estimate of drug-likeness (QED) is 0.913. The largest absolute Gasteiger partial charge is 0.382 e. The molecule has 2 aromatic rings. The summed E-state index contributed by atoms with van der Waals surface area (Å²) in [5, 5.41) is 4.25. The zero-order valence-electron chi connectivity index (χ0n) is 11.9. The number of hydrogen-bond donors (Lipinski definition) is 1. The van der Waals surface area contributed by atoms with Gasteiger partial charge in [-0.15, -0.1) is 11.3 Å². The van der Waals surface area contributed by atoms with Crippen molar-refractivity contribution in [1.82, 2.24) is 9.36 Å². The lowest BCUT2D eigenvalue weighted by Gasteiger charge is -2.32. The molecule has 108 valence electrons. The van der Waals surface area contributed by atoms with Gasteiger partial charge >= 0.3 is 0 Å². The van der Waals surface area contributed by atoms with Gasteiger partial charge in [0.15, 0.2) is 0 Å². The zero-order valence-corrected chi connectivity index (χ0v) is 13.6. The number of anilines is 2. The van der Waals surface area contributed by atoms with E-state index in [4.69, 9.17) is 5.73 Å². The van der Waals surface area contributed by atoms with E-state index in [2.05, 4.69) is 26.6 Å². The third kappa shape index (κ3) is 2.54. The molecule has 6 heteroatoms. The minimum Gasteiger partial charge on any atom is -0.382 e. The molecular weight excluding hydrogens is 288 g/mol. The maximum atomic E-state index is 6.09. The summed E-state index contributed by atoms with van der Waals surface area (Å²) >= 11 is 3.16. The first-order valence-electron chi connectivity index (χ1n) is 7.11. The molecule has 0 bridgehead atoms. The van der Waals surface area contributed by atoms with Crippen LogP contribution in [-0.2, 0) is 0 Å². The minimum atomic E-state index is 0.617. The van der Waals surface area contributed by atoms with Gasteiger partial charge in [0.2, 0.25) is 0 Å². The Morgan fingerprint density at radius 3 is 2.80 bits per heavy atom. The normalized spacial score (nSPS) is 15.3. The van der Waals surface area contributed by atoms with E-state index in [0.29, 0.717) is 5.82 Å². The van der Waals surface area contributed by atoms with Gasteiger partial charge < -0.3 is 10.6 Å². The Morgan fingerprint density at radius 2 is 2.25 bits per heavy atom. The molecule has 4 nitrogen and oxygen atoms in total. The molecule has 2 aromatic heterocycles. The number of thiazole rings is 1. The predicted octanol–water partition coefficient (Wildman–Crippen LogP) is 3.78. The van der Waals surface area contributed by atoms with Crippen molar-refractivity contribution in [3.8, 4) is 10.6 Å². The number of nitrogens with zero attached hydrogens (tertiary/aromatic N) is 3. The van der Waals surface area contributed by atoms with Crippen molar-refractivity contribution in [3.63, 3.8) is 0 Å². The Bertz CT molecular complexity index is 586. The van der Waals surface area contributed by atoms with E-state index in [-0.39, 0.29) is 0 Å². The highest BCUT2D eigenvalue weighted by molar-refractivity contribution is 7.15. The number of rotatable bonds is 5. The van der Waals surface area contributed by atoms with Crippen LogP contribution in [0.2, 0.25) is 0 Å². The van der Waals surface area contributed by atoms with E-state index in [0.717, 1.165) is 35.3 Å². The van der Waals surface area contributed by atoms with Gasteiger partial charge in [-0.2, -0.15) is 4.37 Å². The Morgan fingerprint density at radius 1 is 1.45 bits per heavy atom. The first-order valence-corrected chi connectivity index (χ1v) is 8.77. The van der Waals surface area contributed by atoms with Crippen LogP contribution >= 0.6 is 22.9 Å². The van der Waals surface area contributed by atoms with Crippen molar-refractivity contribution < 1.29 is 0 Å². The minimum absolute atomic E-state index is 0.617. The number of nitrogen functional groups attached to an aromatic ring is 1. The average molecular weight is 308 g/mol. The molecule has 0 spiro atoms. The molecule has 20 heavy (non-hydrogen) atoms. The van der Waals surface area contributed by atoms with Crippen molar-refractivity contribution >= 4 is 33.7 Å². The van der Waals surface area contributed by atoms with Gasteiger partial charge in [-0.1, -0.05) is 6.42 Å². The smallest absolute Gasteiger partial charge is 0.149 e. The zero-order chi connectivity index (χ0) is 14.1. The second kappa shape index (κ2) is 5.69. The third-order valence-electron chi connectivity index (χ3n) is 3.91. The van der Waals surface area contributed by atoms with Crippen LogP contribution in [0.25, 0.3) is 10.6 Å². The monoisotopic (exact) mass is 308 g/mol. The van der Waals surface area contributed by atoms with Crippen LogP contribution in [0.15, 0.2) is 5.38 Å². The molecular formula is C14H20N4S2. The van der Waals surface area contributed by atoms with Crippen LogP contribution in [0.3, 0.4) is 0 Å². The summed E-state index contributed by atoms with van der Waals surface area (Å²) in [7, 11) is 0. The fraction of sp³-hybridized carbons (Fsp3) is 0.571. The van der Waals surface area contributed by atoms with Gasteiger partial charge in [-0.05, 0) is 44.1 Å². The Kier molecular flexibility index (Phi) is 3.94. The molecule has 0 aromatic carbocycles. The fourth-order valence-electron chi connectivity index (χ4n) is 2.52. The van der Waals surface area contributed by atoms with Crippen LogP contribution in [0.5, 0.6) is 0 Å². The third-order valence-corrected chi connectivity index (χ3v) is 5.81. The number of aryl methyl sites for hydroxylation is 1. The van der Waals surface area contributed by atoms with E-state index >= 15 is 0 Å².